The second kappa shape index (κ2) is 12.8. The Morgan fingerprint density at radius 3 is 2.39 bits per heavy atom. The number of nitrogens with one attached hydrogen (secondary N) is 1. The van der Waals surface area contributed by atoms with Gasteiger partial charge in [-0.15, -0.1) is 0 Å². The van der Waals surface area contributed by atoms with E-state index in [1.165, 1.54) is 24.8 Å². The van der Waals surface area contributed by atoms with Crippen LogP contribution in [0.25, 0.3) is 0 Å². The van der Waals surface area contributed by atoms with E-state index in [2.05, 4.69) is 44.5 Å². The summed E-state index contributed by atoms with van der Waals surface area (Å²) in [7, 11) is 0. The molecule has 2 aliphatic heterocycles. The highest BCUT2D eigenvalue weighted by molar-refractivity contribution is 5.76. The number of likely N-dealkylation sites (tertiary alicyclic amines) is 1. The van der Waals surface area contributed by atoms with Crippen molar-refractivity contribution in [2.24, 2.45) is 5.92 Å². The third-order valence-corrected chi connectivity index (χ3v) is 8.57. The molecule has 3 fully saturated rings. The van der Waals surface area contributed by atoms with Gasteiger partial charge in [0.25, 0.3) is 0 Å². The van der Waals surface area contributed by atoms with Crippen LogP contribution in [0.1, 0.15) is 81.1 Å². The van der Waals surface area contributed by atoms with Crippen molar-refractivity contribution in [2.45, 2.75) is 70.4 Å². The van der Waals surface area contributed by atoms with Crippen LogP contribution in [-0.2, 0) is 16.1 Å². The standard InChI is InChI=1S/C29H42N6O3/c1-22(36)35-18-16-34(17-19-35)21-27-31-29(38-32-27)25-10-13-33(14-11-25)15-12-26(24-8-3-2-4-9-24)30-28(37)20-23-6-5-7-23/h2-4,8-9,23,25-26H,5-7,10-21H2,1H3,(H,30,37)/t26-/m0/s1. The van der Waals surface area contributed by atoms with Crippen molar-refractivity contribution < 1.29 is 14.1 Å². The fourth-order valence-corrected chi connectivity index (χ4v) is 5.85. The molecule has 0 unspecified atom stereocenters. The summed E-state index contributed by atoms with van der Waals surface area (Å²) in [5.74, 6) is 2.70. The van der Waals surface area contributed by atoms with E-state index in [9.17, 15) is 9.59 Å². The number of hydrogen-bond donors (Lipinski definition) is 1. The Labute approximate surface area is 225 Å². The SMILES string of the molecule is CC(=O)N1CCN(Cc2noc(C3CCN(CC[C@H](NC(=O)CC4CCC4)c4ccccc4)CC3)n2)CC1. The highest BCUT2D eigenvalue weighted by atomic mass is 16.5. The van der Waals surface area contributed by atoms with Gasteiger partial charge in [-0.25, -0.2) is 0 Å². The second-order valence-electron chi connectivity index (χ2n) is 11.3. The first-order chi connectivity index (χ1) is 18.5. The molecule has 38 heavy (non-hydrogen) atoms. The van der Waals surface area contributed by atoms with Gasteiger partial charge in [-0.05, 0) is 56.7 Å². The van der Waals surface area contributed by atoms with Crippen molar-refractivity contribution in [3.63, 3.8) is 0 Å². The summed E-state index contributed by atoms with van der Waals surface area (Å²) in [6, 6.07) is 10.4. The van der Waals surface area contributed by atoms with E-state index in [-0.39, 0.29) is 17.9 Å². The van der Waals surface area contributed by atoms with Gasteiger partial charge in [-0.3, -0.25) is 14.5 Å². The first-order valence-electron chi connectivity index (χ1n) is 14.4. The Morgan fingerprint density at radius 1 is 1.00 bits per heavy atom. The maximum Gasteiger partial charge on any atom is 0.229 e. The summed E-state index contributed by atoms with van der Waals surface area (Å²) in [5.41, 5.74) is 1.19. The number of rotatable bonds is 10. The van der Waals surface area contributed by atoms with Gasteiger partial charge in [0.2, 0.25) is 17.7 Å². The summed E-state index contributed by atoms with van der Waals surface area (Å²) < 4.78 is 5.67. The molecule has 1 aromatic carbocycles. The molecule has 1 saturated carbocycles. The molecular formula is C29H42N6O3. The van der Waals surface area contributed by atoms with Crippen molar-refractivity contribution in [1.82, 2.24) is 30.2 Å². The van der Waals surface area contributed by atoms with E-state index in [1.807, 2.05) is 11.0 Å². The number of benzene rings is 1. The van der Waals surface area contributed by atoms with Crippen molar-refractivity contribution >= 4 is 11.8 Å². The Hall–Kier alpha value is -2.78. The number of carbonyl (C=O) groups is 2. The normalized spacial score (nSPS) is 20.7. The fourth-order valence-electron chi connectivity index (χ4n) is 5.85. The second-order valence-corrected chi connectivity index (χ2v) is 11.3. The minimum absolute atomic E-state index is 0.0531. The van der Waals surface area contributed by atoms with E-state index in [0.717, 1.165) is 76.8 Å². The predicted molar refractivity (Wildman–Crippen MR) is 144 cm³/mol. The van der Waals surface area contributed by atoms with Crippen molar-refractivity contribution in [3.05, 3.63) is 47.6 Å². The number of piperazine rings is 1. The molecule has 2 amide bonds. The molecule has 0 bridgehead atoms. The van der Waals surface area contributed by atoms with Crippen LogP contribution in [0.2, 0.25) is 0 Å². The highest BCUT2D eigenvalue weighted by Gasteiger charge is 2.28. The molecule has 2 saturated heterocycles. The molecule has 0 spiro atoms. The molecule has 1 N–H and O–H groups in total. The van der Waals surface area contributed by atoms with Crippen LogP contribution in [-0.4, -0.2) is 82.5 Å². The van der Waals surface area contributed by atoms with Crippen LogP contribution < -0.4 is 5.32 Å². The molecule has 9 heteroatoms. The summed E-state index contributed by atoms with van der Waals surface area (Å²) in [4.78, 5) is 35.6. The molecule has 206 valence electrons. The van der Waals surface area contributed by atoms with E-state index in [4.69, 9.17) is 9.51 Å². The molecule has 1 aliphatic carbocycles. The van der Waals surface area contributed by atoms with Gasteiger partial charge in [0, 0.05) is 52.0 Å². The monoisotopic (exact) mass is 522 g/mol. The minimum Gasteiger partial charge on any atom is -0.349 e. The quantitative estimate of drug-likeness (QED) is 0.511. The zero-order valence-electron chi connectivity index (χ0n) is 22.7. The molecule has 2 aromatic rings. The number of aromatic nitrogens is 2. The Kier molecular flexibility index (Phi) is 9.06. The van der Waals surface area contributed by atoms with Crippen LogP contribution in [0.15, 0.2) is 34.9 Å². The van der Waals surface area contributed by atoms with Gasteiger partial charge in [0.05, 0.1) is 12.6 Å². The van der Waals surface area contributed by atoms with Crippen LogP contribution >= 0.6 is 0 Å². The molecule has 5 rings (SSSR count). The van der Waals surface area contributed by atoms with Gasteiger partial charge in [0.1, 0.15) is 0 Å². The number of piperidine rings is 1. The lowest BCUT2D eigenvalue weighted by Crippen LogP contribution is -2.47. The first-order valence-corrected chi connectivity index (χ1v) is 14.4. The summed E-state index contributed by atoms with van der Waals surface area (Å²) in [5, 5.41) is 7.58. The van der Waals surface area contributed by atoms with Gasteiger partial charge in [-0.2, -0.15) is 4.98 Å². The smallest absolute Gasteiger partial charge is 0.229 e. The van der Waals surface area contributed by atoms with Gasteiger partial charge in [0.15, 0.2) is 5.82 Å². The molecule has 9 nitrogen and oxygen atoms in total. The molecular weight excluding hydrogens is 480 g/mol. The van der Waals surface area contributed by atoms with E-state index < -0.39 is 0 Å². The number of hydrogen-bond acceptors (Lipinski definition) is 7. The Bertz CT molecular complexity index is 1040. The third-order valence-electron chi connectivity index (χ3n) is 8.57. The molecule has 1 atom stereocenters. The van der Waals surface area contributed by atoms with Crippen LogP contribution in [0, 0.1) is 5.92 Å². The average molecular weight is 523 g/mol. The molecule has 3 heterocycles. The van der Waals surface area contributed by atoms with Gasteiger partial charge in [-0.1, -0.05) is 41.9 Å². The fraction of sp³-hybridized carbons (Fsp3) is 0.655. The topological polar surface area (TPSA) is 94.8 Å². The summed E-state index contributed by atoms with van der Waals surface area (Å²) in [6.07, 6.45) is 7.23. The maximum atomic E-state index is 12.7. The lowest BCUT2D eigenvalue weighted by atomic mass is 9.83. The lowest BCUT2D eigenvalue weighted by Gasteiger charge is -2.33. The van der Waals surface area contributed by atoms with Gasteiger partial charge >= 0.3 is 0 Å². The molecule has 3 aliphatic rings. The van der Waals surface area contributed by atoms with Crippen LogP contribution in [0.5, 0.6) is 0 Å². The minimum atomic E-state index is 0.0531. The van der Waals surface area contributed by atoms with Crippen LogP contribution in [0.3, 0.4) is 0 Å². The first kappa shape index (κ1) is 26.8. The number of nitrogens with zero attached hydrogens (tertiary/aromatic N) is 5. The summed E-state index contributed by atoms with van der Waals surface area (Å²) in [6.45, 7) is 8.43. The predicted octanol–water partition coefficient (Wildman–Crippen LogP) is 3.35. The maximum absolute atomic E-state index is 12.7. The van der Waals surface area contributed by atoms with E-state index in [1.54, 1.807) is 6.92 Å². The Balaban J connectivity index is 1.07. The molecule has 1 aromatic heterocycles. The zero-order valence-corrected chi connectivity index (χ0v) is 22.7. The van der Waals surface area contributed by atoms with Crippen molar-refractivity contribution in [1.29, 1.82) is 0 Å². The van der Waals surface area contributed by atoms with Gasteiger partial charge < -0.3 is 19.6 Å². The van der Waals surface area contributed by atoms with Crippen molar-refractivity contribution in [2.75, 3.05) is 45.8 Å². The number of amides is 2. The highest BCUT2D eigenvalue weighted by Crippen LogP contribution is 2.30. The van der Waals surface area contributed by atoms with E-state index >= 15 is 0 Å². The average Bonchev–Trinajstić information content (AvgIpc) is 3.38. The Morgan fingerprint density at radius 2 is 1.74 bits per heavy atom. The lowest BCUT2D eigenvalue weighted by molar-refractivity contribution is -0.130. The summed E-state index contributed by atoms with van der Waals surface area (Å²) >= 11 is 0. The number of carbonyl (C=O) groups excluding carboxylic acids is 2. The van der Waals surface area contributed by atoms with E-state index in [0.29, 0.717) is 24.8 Å². The third kappa shape index (κ3) is 7.20. The van der Waals surface area contributed by atoms with Crippen LogP contribution in [0.4, 0.5) is 0 Å². The zero-order chi connectivity index (χ0) is 26.3. The molecule has 0 radical (unpaired) electrons. The largest absolute Gasteiger partial charge is 0.349 e. The van der Waals surface area contributed by atoms with Crippen molar-refractivity contribution in [3.8, 4) is 0 Å².